The summed E-state index contributed by atoms with van der Waals surface area (Å²) < 4.78 is 0. The van der Waals surface area contributed by atoms with Crippen LogP contribution in [0.1, 0.15) is 24.5 Å². The highest BCUT2D eigenvalue weighted by Gasteiger charge is 2.27. The third kappa shape index (κ3) is 1.77. The van der Waals surface area contributed by atoms with Gasteiger partial charge in [-0.15, -0.1) is 0 Å². The molecule has 1 aliphatic carbocycles. The van der Waals surface area contributed by atoms with Gasteiger partial charge in [-0.2, -0.15) is 10.2 Å². The van der Waals surface area contributed by atoms with Crippen LogP contribution < -0.4 is 5.32 Å². The van der Waals surface area contributed by atoms with Gasteiger partial charge >= 0.3 is 0 Å². The van der Waals surface area contributed by atoms with E-state index in [-0.39, 0.29) is 0 Å². The second-order valence-electron chi connectivity index (χ2n) is 5.74. The van der Waals surface area contributed by atoms with Gasteiger partial charge in [0.1, 0.15) is 5.52 Å². The second-order valence-corrected chi connectivity index (χ2v) is 5.74. The first-order valence-corrected chi connectivity index (χ1v) is 7.42. The summed E-state index contributed by atoms with van der Waals surface area (Å²) in [5, 5.41) is 19.4. The Hall–Kier alpha value is -2.89. The maximum atomic E-state index is 4.42. The summed E-state index contributed by atoms with van der Waals surface area (Å²) in [5.41, 5.74) is 4.97. The van der Waals surface area contributed by atoms with E-state index in [1.807, 2.05) is 18.2 Å². The minimum absolute atomic E-state index is 0.670. The fourth-order valence-electron chi connectivity index (χ4n) is 2.87. The van der Waals surface area contributed by atoms with Crippen molar-refractivity contribution in [1.29, 1.82) is 0 Å². The summed E-state index contributed by atoms with van der Waals surface area (Å²) in [6.07, 6.45) is 4.30. The molecule has 4 aromatic rings. The predicted octanol–water partition coefficient (Wildman–Crippen LogP) is 3.46. The highest BCUT2D eigenvalue weighted by Crippen LogP contribution is 2.42. The average molecular weight is 290 g/mol. The first-order valence-electron chi connectivity index (χ1n) is 7.42. The average Bonchev–Trinajstić information content (AvgIpc) is 3.19. The minimum atomic E-state index is 0.670. The Morgan fingerprint density at radius 2 is 2.05 bits per heavy atom. The molecule has 0 amide bonds. The van der Waals surface area contributed by atoms with Crippen molar-refractivity contribution in [3.05, 3.63) is 42.2 Å². The number of hydrogen-bond donors (Lipinski definition) is 3. The third-order valence-corrected chi connectivity index (χ3v) is 4.15. The Balaban J connectivity index is 1.53. The van der Waals surface area contributed by atoms with Crippen molar-refractivity contribution in [2.24, 2.45) is 0 Å². The zero-order valence-corrected chi connectivity index (χ0v) is 11.8. The number of aromatic amines is 2. The van der Waals surface area contributed by atoms with Crippen molar-refractivity contribution in [1.82, 2.24) is 25.4 Å². The van der Waals surface area contributed by atoms with Crippen molar-refractivity contribution in [2.45, 2.75) is 18.8 Å². The first kappa shape index (κ1) is 11.7. The molecule has 6 nitrogen and oxygen atoms in total. The largest absolute Gasteiger partial charge is 0.337 e. The number of nitrogens with zero attached hydrogens (tertiary/aromatic N) is 3. The fraction of sp³-hybridized carbons (Fsp3) is 0.188. The van der Waals surface area contributed by atoms with Gasteiger partial charge in [0, 0.05) is 28.9 Å². The van der Waals surface area contributed by atoms with Crippen LogP contribution in [0.25, 0.3) is 21.9 Å². The Bertz CT molecular complexity index is 979. The second kappa shape index (κ2) is 4.30. The summed E-state index contributed by atoms with van der Waals surface area (Å²) in [4.78, 5) is 4.36. The molecule has 0 atom stereocenters. The molecule has 0 unspecified atom stereocenters. The Morgan fingerprint density at radius 3 is 2.95 bits per heavy atom. The van der Waals surface area contributed by atoms with Gasteiger partial charge in [0.05, 0.1) is 11.0 Å². The van der Waals surface area contributed by atoms with Crippen LogP contribution in [0.15, 0.2) is 36.5 Å². The van der Waals surface area contributed by atoms with Gasteiger partial charge in [0.15, 0.2) is 5.82 Å². The molecule has 3 aromatic heterocycles. The number of benzene rings is 1. The molecule has 0 bridgehead atoms. The topological polar surface area (TPSA) is 82.3 Å². The van der Waals surface area contributed by atoms with Gasteiger partial charge in [0.25, 0.3) is 0 Å². The summed E-state index contributed by atoms with van der Waals surface area (Å²) in [7, 11) is 0. The first-order chi connectivity index (χ1) is 10.9. The molecule has 0 aliphatic heterocycles. The molecule has 0 radical (unpaired) electrons. The standard InChI is InChI=1S/C16H14N6/c1-2-12-15(17-7-1)16(22-19-12)18-10-5-6-11-13(8-10)20-21-14(11)9-3-4-9/h1-2,5-9H,3-4H2,(H,20,21)(H2,18,19,22). The van der Waals surface area contributed by atoms with E-state index in [9.17, 15) is 0 Å². The van der Waals surface area contributed by atoms with Crippen LogP contribution >= 0.6 is 0 Å². The highest BCUT2D eigenvalue weighted by molar-refractivity contribution is 5.90. The Labute approximate surface area is 126 Å². The van der Waals surface area contributed by atoms with Gasteiger partial charge < -0.3 is 5.32 Å². The maximum absolute atomic E-state index is 4.42. The highest BCUT2D eigenvalue weighted by atomic mass is 15.2. The Kier molecular flexibility index (Phi) is 2.29. The van der Waals surface area contributed by atoms with Gasteiger partial charge in [-0.1, -0.05) is 0 Å². The third-order valence-electron chi connectivity index (χ3n) is 4.15. The molecule has 3 N–H and O–H groups in total. The number of aromatic nitrogens is 5. The van der Waals surface area contributed by atoms with Crippen LogP contribution in [-0.4, -0.2) is 25.4 Å². The molecule has 3 heterocycles. The van der Waals surface area contributed by atoms with Gasteiger partial charge in [-0.3, -0.25) is 15.2 Å². The lowest BCUT2D eigenvalue weighted by Crippen LogP contribution is -1.91. The summed E-state index contributed by atoms with van der Waals surface area (Å²) in [5.74, 6) is 1.40. The van der Waals surface area contributed by atoms with Crippen LogP contribution in [0.2, 0.25) is 0 Å². The van der Waals surface area contributed by atoms with Crippen molar-refractivity contribution < 1.29 is 0 Å². The number of nitrogens with one attached hydrogen (secondary N) is 3. The van der Waals surface area contributed by atoms with Crippen LogP contribution in [0.3, 0.4) is 0 Å². The molecular weight excluding hydrogens is 276 g/mol. The van der Waals surface area contributed by atoms with E-state index in [0.29, 0.717) is 5.92 Å². The van der Waals surface area contributed by atoms with Crippen LogP contribution in [-0.2, 0) is 0 Å². The van der Waals surface area contributed by atoms with E-state index in [2.05, 4.69) is 42.8 Å². The van der Waals surface area contributed by atoms with E-state index in [1.54, 1.807) is 6.20 Å². The van der Waals surface area contributed by atoms with Crippen molar-refractivity contribution >= 4 is 33.4 Å². The van der Waals surface area contributed by atoms with E-state index < -0.39 is 0 Å². The lowest BCUT2D eigenvalue weighted by atomic mass is 10.1. The smallest absolute Gasteiger partial charge is 0.178 e. The molecule has 5 rings (SSSR count). The number of H-pyrrole nitrogens is 2. The van der Waals surface area contributed by atoms with Gasteiger partial charge in [0.2, 0.25) is 0 Å². The van der Waals surface area contributed by atoms with Crippen molar-refractivity contribution in [3.8, 4) is 0 Å². The summed E-state index contributed by atoms with van der Waals surface area (Å²) >= 11 is 0. The molecule has 0 saturated heterocycles. The normalized spacial score (nSPS) is 14.7. The number of pyridine rings is 1. The molecule has 1 aliphatic rings. The molecular formula is C16H14N6. The zero-order chi connectivity index (χ0) is 14.5. The predicted molar refractivity (Wildman–Crippen MR) is 85.2 cm³/mol. The number of fused-ring (bicyclic) bond motifs is 2. The van der Waals surface area contributed by atoms with E-state index >= 15 is 0 Å². The minimum Gasteiger partial charge on any atom is -0.337 e. The summed E-state index contributed by atoms with van der Waals surface area (Å²) in [6, 6.07) is 10.1. The lowest BCUT2D eigenvalue weighted by molar-refractivity contribution is 0.978. The number of hydrogen-bond acceptors (Lipinski definition) is 4. The molecule has 108 valence electrons. The van der Waals surface area contributed by atoms with Crippen molar-refractivity contribution in [3.63, 3.8) is 0 Å². The SMILES string of the molecule is c1cnc2c(Nc3ccc4c(C5CC5)[nH]nc4c3)n[nH]c2c1. The maximum Gasteiger partial charge on any atom is 0.178 e. The van der Waals surface area contributed by atoms with Gasteiger partial charge in [-0.25, -0.2) is 0 Å². The van der Waals surface area contributed by atoms with Crippen molar-refractivity contribution in [2.75, 3.05) is 5.32 Å². The molecule has 0 spiro atoms. The molecule has 6 heteroatoms. The zero-order valence-electron chi connectivity index (χ0n) is 11.8. The molecule has 1 saturated carbocycles. The number of rotatable bonds is 3. The van der Waals surface area contributed by atoms with E-state index in [0.717, 1.165) is 28.1 Å². The van der Waals surface area contributed by atoms with Gasteiger partial charge in [-0.05, 0) is 43.2 Å². The quantitative estimate of drug-likeness (QED) is 0.539. The summed E-state index contributed by atoms with van der Waals surface area (Å²) in [6.45, 7) is 0. The molecule has 1 fully saturated rings. The van der Waals surface area contributed by atoms with E-state index in [4.69, 9.17) is 0 Å². The van der Waals surface area contributed by atoms with E-state index in [1.165, 1.54) is 23.9 Å². The molecule has 22 heavy (non-hydrogen) atoms. The fourth-order valence-corrected chi connectivity index (χ4v) is 2.87. The van der Waals surface area contributed by atoms with Crippen LogP contribution in [0.4, 0.5) is 11.5 Å². The van der Waals surface area contributed by atoms with Crippen LogP contribution in [0.5, 0.6) is 0 Å². The lowest BCUT2D eigenvalue weighted by Gasteiger charge is -2.03. The van der Waals surface area contributed by atoms with Crippen LogP contribution in [0, 0.1) is 0 Å². The Morgan fingerprint density at radius 1 is 1.09 bits per heavy atom. The molecule has 1 aromatic carbocycles. The number of anilines is 2. The monoisotopic (exact) mass is 290 g/mol.